The molecule has 5 nitrogen and oxygen atoms in total. The number of esters is 2. The van der Waals surface area contributed by atoms with Gasteiger partial charge in [0, 0.05) is 0 Å². The third-order valence-corrected chi connectivity index (χ3v) is 2.01. The van der Waals surface area contributed by atoms with Crippen LogP contribution in [0.4, 0.5) is 0 Å². The molecule has 0 heterocycles. The Bertz CT molecular complexity index is 440. The van der Waals surface area contributed by atoms with E-state index in [4.69, 9.17) is 10.5 Å². The molecule has 0 aliphatic heterocycles. The van der Waals surface area contributed by atoms with E-state index in [0.717, 1.165) is 11.6 Å². The largest absolute Gasteiger partial charge is 0.461 e. The van der Waals surface area contributed by atoms with E-state index in [1.165, 1.54) is 0 Å². The maximum absolute atomic E-state index is 11.3. The van der Waals surface area contributed by atoms with Crippen molar-refractivity contribution in [2.45, 2.75) is 13.5 Å². The second-order valence-corrected chi connectivity index (χ2v) is 3.41. The number of carbonyl (C=O) groups is 2. The molecule has 0 bridgehead atoms. The average molecular weight is 249 g/mol. The van der Waals surface area contributed by atoms with Crippen molar-refractivity contribution in [3.05, 3.63) is 47.7 Å². The second-order valence-electron chi connectivity index (χ2n) is 3.41. The van der Waals surface area contributed by atoms with Crippen molar-refractivity contribution in [2.24, 2.45) is 5.73 Å². The molecule has 0 spiro atoms. The molecule has 0 radical (unpaired) electrons. The molecule has 2 N–H and O–H groups in total. The highest BCUT2D eigenvalue weighted by Crippen LogP contribution is 2.01. The number of hydrogen-bond donors (Lipinski definition) is 1. The molecule has 18 heavy (non-hydrogen) atoms. The van der Waals surface area contributed by atoms with Gasteiger partial charge < -0.3 is 15.2 Å². The summed E-state index contributed by atoms with van der Waals surface area (Å²) in [6.45, 7) is 1.98. The lowest BCUT2D eigenvalue weighted by Gasteiger charge is -2.03. The van der Waals surface area contributed by atoms with E-state index in [1.54, 1.807) is 6.92 Å². The van der Waals surface area contributed by atoms with Crippen molar-refractivity contribution < 1.29 is 19.1 Å². The van der Waals surface area contributed by atoms with E-state index in [2.05, 4.69) is 4.74 Å². The first-order valence-electron chi connectivity index (χ1n) is 5.48. The van der Waals surface area contributed by atoms with Crippen molar-refractivity contribution in [1.82, 2.24) is 0 Å². The smallest absolute Gasteiger partial charge is 0.354 e. The summed E-state index contributed by atoms with van der Waals surface area (Å²) in [5, 5.41) is 0. The Kier molecular flexibility index (Phi) is 5.44. The number of nitrogens with two attached hydrogens (primary N) is 1. The molecule has 0 saturated heterocycles. The Morgan fingerprint density at radius 2 is 1.89 bits per heavy atom. The molecule has 0 atom stereocenters. The molecule has 0 saturated carbocycles. The SMILES string of the molecule is CCOC(=O)/C(N)=C\C(=O)OCc1ccccc1. The topological polar surface area (TPSA) is 78.6 Å². The second kappa shape index (κ2) is 7.11. The Morgan fingerprint density at radius 1 is 1.22 bits per heavy atom. The van der Waals surface area contributed by atoms with Crippen LogP contribution in [-0.4, -0.2) is 18.5 Å². The number of ether oxygens (including phenoxy) is 2. The summed E-state index contributed by atoms with van der Waals surface area (Å²) in [5.41, 5.74) is 5.95. The van der Waals surface area contributed by atoms with Gasteiger partial charge in [0.1, 0.15) is 12.3 Å². The molecular weight excluding hydrogens is 234 g/mol. The molecule has 1 aromatic rings. The van der Waals surface area contributed by atoms with Gasteiger partial charge in [0.2, 0.25) is 0 Å². The van der Waals surface area contributed by atoms with Crippen molar-refractivity contribution in [1.29, 1.82) is 0 Å². The Morgan fingerprint density at radius 3 is 2.50 bits per heavy atom. The van der Waals surface area contributed by atoms with E-state index in [0.29, 0.717) is 0 Å². The standard InChI is InChI=1S/C13H15NO4/c1-2-17-13(16)11(14)8-12(15)18-9-10-6-4-3-5-7-10/h3-8H,2,9,14H2,1H3/b11-8+. The molecule has 0 amide bonds. The summed E-state index contributed by atoms with van der Waals surface area (Å²) in [7, 11) is 0. The van der Waals surface area contributed by atoms with Crippen molar-refractivity contribution >= 4 is 11.9 Å². The molecule has 0 unspecified atom stereocenters. The fourth-order valence-corrected chi connectivity index (χ4v) is 1.17. The summed E-state index contributed by atoms with van der Waals surface area (Å²) >= 11 is 0. The first-order valence-corrected chi connectivity index (χ1v) is 5.48. The van der Waals surface area contributed by atoms with Crippen LogP contribution in [0, 0.1) is 0 Å². The Labute approximate surface area is 105 Å². The quantitative estimate of drug-likeness (QED) is 0.625. The molecular formula is C13H15NO4. The van der Waals surface area contributed by atoms with Gasteiger partial charge in [-0.05, 0) is 12.5 Å². The summed E-state index contributed by atoms with van der Waals surface area (Å²) in [6, 6.07) is 9.19. The van der Waals surface area contributed by atoms with Crippen LogP contribution in [0.15, 0.2) is 42.1 Å². The first-order chi connectivity index (χ1) is 8.63. The molecule has 5 heteroatoms. The average Bonchev–Trinajstić information content (AvgIpc) is 2.38. The van der Waals surface area contributed by atoms with Gasteiger partial charge in [-0.1, -0.05) is 30.3 Å². The highest BCUT2D eigenvalue weighted by atomic mass is 16.5. The zero-order chi connectivity index (χ0) is 13.4. The molecule has 1 rings (SSSR count). The fraction of sp³-hybridized carbons (Fsp3) is 0.231. The molecule has 96 valence electrons. The molecule has 0 aliphatic carbocycles. The van der Waals surface area contributed by atoms with E-state index < -0.39 is 11.9 Å². The lowest BCUT2D eigenvalue weighted by molar-refractivity contribution is -0.141. The highest BCUT2D eigenvalue weighted by Gasteiger charge is 2.09. The van der Waals surface area contributed by atoms with E-state index in [9.17, 15) is 9.59 Å². The highest BCUT2D eigenvalue weighted by molar-refractivity contribution is 5.95. The number of rotatable bonds is 5. The summed E-state index contributed by atoms with van der Waals surface area (Å²) in [4.78, 5) is 22.5. The van der Waals surface area contributed by atoms with Gasteiger partial charge in [-0.3, -0.25) is 0 Å². The van der Waals surface area contributed by atoms with E-state index in [-0.39, 0.29) is 18.9 Å². The van der Waals surface area contributed by atoms with Crippen LogP contribution in [0.2, 0.25) is 0 Å². The summed E-state index contributed by atoms with van der Waals surface area (Å²) in [6.07, 6.45) is 0.918. The van der Waals surface area contributed by atoms with Crippen LogP contribution in [0.5, 0.6) is 0 Å². The van der Waals surface area contributed by atoms with Gasteiger partial charge in [0.15, 0.2) is 0 Å². The van der Waals surface area contributed by atoms with Gasteiger partial charge in [-0.2, -0.15) is 0 Å². The Hall–Kier alpha value is -2.30. The fourth-order valence-electron chi connectivity index (χ4n) is 1.17. The van der Waals surface area contributed by atoms with Crippen LogP contribution in [0.25, 0.3) is 0 Å². The number of hydrogen-bond acceptors (Lipinski definition) is 5. The number of carbonyl (C=O) groups excluding carboxylic acids is 2. The molecule has 1 aromatic carbocycles. The van der Waals surface area contributed by atoms with Crippen LogP contribution in [0.1, 0.15) is 12.5 Å². The lowest BCUT2D eigenvalue weighted by atomic mass is 10.2. The molecule has 0 aliphatic rings. The van der Waals surface area contributed by atoms with Crippen LogP contribution >= 0.6 is 0 Å². The van der Waals surface area contributed by atoms with Crippen LogP contribution in [0.3, 0.4) is 0 Å². The van der Waals surface area contributed by atoms with Crippen molar-refractivity contribution in [3.8, 4) is 0 Å². The predicted molar refractivity (Wildman–Crippen MR) is 65.1 cm³/mol. The van der Waals surface area contributed by atoms with Crippen LogP contribution < -0.4 is 5.73 Å². The monoisotopic (exact) mass is 249 g/mol. The van der Waals surface area contributed by atoms with E-state index >= 15 is 0 Å². The minimum atomic E-state index is -0.728. The third kappa shape index (κ3) is 4.69. The van der Waals surface area contributed by atoms with Gasteiger partial charge in [0.25, 0.3) is 0 Å². The third-order valence-electron chi connectivity index (χ3n) is 2.01. The zero-order valence-electron chi connectivity index (χ0n) is 10.1. The van der Waals surface area contributed by atoms with Gasteiger partial charge in [0.05, 0.1) is 12.7 Å². The first kappa shape index (κ1) is 13.8. The molecule has 0 aromatic heterocycles. The van der Waals surface area contributed by atoms with Gasteiger partial charge in [-0.15, -0.1) is 0 Å². The summed E-state index contributed by atoms with van der Waals surface area (Å²) in [5.74, 6) is -1.40. The van der Waals surface area contributed by atoms with Crippen LogP contribution in [-0.2, 0) is 25.7 Å². The minimum Gasteiger partial charge on any atom is -0.461 e. The van der Waals surface area contributed by atoms with Crippen molar-refractivity contribution in [2.75, 3.05) is 6.61 Å². The van der Waals surface area contributed by atoms with Crippen molar-refractivity contribution in [3.63, 3.8) is 0 Å². The normalized spacial score (nSPS) is 10.8. The molecule has 0 fully saturated rings. The lowest BCUT2D eigenvalue weighted by Crippen LogP contribution is -2.17. The predicted octanol–water partition coefficient (Wildman–Crippen LogP) is 1.14. The van der Waals surface area contributed by atoms with Gasteiger partial charge in [-0.25, -0.2) is 9.59 Å². The maximum Gasteiger partial charge on any atom is 0.354 e. The van der Waals surface area contributed by atoms with E-state index in [1.807, 2.05) is 30.3 Å². The van der Waals surface area contributed by atoms with Gasteiger partial charge >= 0.3 is 11.9 Å². The summed E-state index contributed by atoms with van der Waals surface area (Å²) < 4.78 is 9.55. The minimum absolute atomic E-state index is 0.131. The Balaban J connectivity index is 2.46. The maximum atomic E-state index is 11.3. The number of benzene rings is 1. The zero-order valence-corrected chi connectivity index (χ0v) is 10.1.